The van der Waals surface area contributed by atoms with Crippen LogP contribution in [0.5, 0.6) is 0 Å². The number of nitrogens with one attached hydrogen (secondary N) is 1. The lowest BCUT2D eigenvalue weighted by molar-refractivity contribution is -0.297. The van der Waals surface area contributed by atoms with Gasteiger partial charge in [0.1, 0.15) is 12.7 Å². The van der Waals surface area contributed by atoms with E-state index in [4.69, 9.17) is 28.4 Å². The van der Waals surface area contributed by atoms with E-state index >= 15 is 0 Å². The summed E-state index contributed by atoms with van der Waals surface area (Å²) in [7, 11) is 0. The Bertz CT molecular complexity index is 2020. The van der Waals surface area contributed by atoms with Crippen LogP contribution in [-0.4, -0.2) is 80.2 Å². The monoisotopic (exact) mass is 905 g/mol. The van der Waals surface area contributed by atoms with Gasteiger partial charge in [0.25, 0.3) is 0 Å². The molecule has 1 heterocycles. The molecule has 0 aliphatic carbocycles. The van der Waals surface area contributed by atoms with Gasteiger partial charge < -0.3 is 33.7 Å². The van der Waals surface area contributed by atoms with Gasteiger partial charge in [-0.3, -0.25) is 4.79 Å². The second-order valence-corrected chi connectivity index (χ2v) is 16.6. The third-order valence-electron chi connectivity index (χ3n) is 11.5. The highest BCUT2D eigenvalue weighted by Crippen LogP contribution is 2.32. The molecule has 1 amide bonds. The zero-order chi connectivity index (χ0) is 46.6. The first-order valence-corrected chi connectivity index (χ1v) is 23.9. The molecule has 12 nitrogen and oxygen atoms in total. The number of hydrogen-bond donors (Lipinski definition) is 1. The van der Waals surface area contributed by atoms with Crippen molar-refractivity contribution >= 4 is 29.8 Å². The molecule has 1 aliphatic heterocycles. The molecule has 1 unspecified atom stereocenters. The maximum Gasteiger partial charge on any atom is 0.338 e. The van der Waals surface area contributed by atoms with Gasteiger partial charge in [-0.1, -0.05) is 170 Å². The molecule has 1 saturated heterocycles. The number of amides is 1. The zero-order valence-corrected chi connectivity index (χ0v) is 38.4. The minimum Gasteiger partial charge on any atom is -0.459 e. The number of ether oxygens (including phenoxy) is 6. The third-order valence-corrected chi connectivity index (χ3v) is 11.5. The Balaban J connectivity index is 1.24. The van der Waals surface area contributed by atoms with E-state index in [1.165, 1.54) is 77.0 Å². The first-order valence-electron chi connectivity index (χ1n) is 23.9. The minimum atomic E-state index is -1.54. The fraction of sp³-hybridized carbons (Fsp3) is 0.463. The molecule has 0 spiro atoms. The van der Waals surface area contributed by atoms with Crippen molar-refractivity contribution in [1.82, 2.24) is 5.32 Å². The molecule has 4 aromatic rings. The first kappa shape index (κ1) is 51.1. The smallest absolute Gasteiger partial charge is 0.338 e. The SMILES string of the molecule is CCCCCCCCCCCCCCCCCC(=O)NCCOC1O[C@H](COC(=O)c2ccccc2)[C@H](OC(=O)c2ccccc2)[C@H](OC(=O)c2ccccc2)[C@H]1OC(=O)c1ccccc1. The van der Waals surface area contributed by atoms with Crippen molar-refractivity contribution in [3.8, 4) is 0 Å². The lowest BCUT2D eigenvalue weighted by Gasteiger charge is -2.44. The maximum atomic E-state index is 13.8. The van der Waals surface area contributed by atoms with Gasteiger partial charge in [-0.25, -0.2) is 19.2 Å². The van der Waals surface area contributed by atoms with Crippen LogP contribution in [0.25, 0.3) is 0 Å². The Hall–Kier alpha value is -5.85. The molecule has 5 rings (SSSR count). The summed E-state index contributed by atoms with van der Waals surface area (Å²) in [6.07, 6.45) is 11.6. The summed E-state index contributed by atoms with van der Waals surface area (Å²) in [5, 5.41) is 2.89. The molecule has 354 valence electrons. The van der Waals surface area contributed by atoms with Crippen LogP contribution in [0.2, 0.25) is 0 Å². The van der Waals surface area contributed by atoms with E-state index in [2.05, 4.69) is 12.2 Å². The van der Waals surface area contributed by atoms with Crippen LogP contribution in [0, 0.1) is 0 Å². The highest BCUT2D eigenvalue weighted by atomic mass is 16.7. The fourth-order valence-electron chi connectivity index (χ4n) is 7.77. The van der Waals surface area contributed by atoms with Gasteiger partial charge in [-0.05, 0) is 55.0 Å². The highest BCUT2D eigenvalue weighted by Gasteiger charge is 2.53. The van der Waals surface area contributed by atoms with Crippen LogP contribution >= 0.6 is 0 Å². The van der Waals surface area contributed by atoms with Gasteiger partial charge in [-0.2, -0.15) is 0 Å². The van der Waals surface area contributed by atoms with Crippen LogP contribution < -0.4 is 5.32 Å². The topological polar surface area (TPSA) is 153 Å². The van der Waals surface area contributed by atoms with Crippen molar-refractivity contribution in [3.05, 3.63) is 144 Å². The summed E-state index contributed by atoms with van der Waals surface area (Å²) < 4.78 is 36.6. The van der Waals surface area contributed by atoms with Gasteiger partial charge in [0, 0.05) is 13.0 Å². The van der Waals surface area contributed by atoms with Crippen molar-refractivity contribution in [1.29, 1.82) is 0 Å². The quantitative estimate of drug-likeness (QED) is 0.0315. The molecule has 0 radical (unpaired) electrons. The largest absolute Gasteiger partial charge is 0.459 e. The molecule has 12 heteroatoms. The number of carbonyl (C=O) groups is 5. The van der Waals surface area contributed by atoms with E-state index in [-0.39, 0.29) is 41.3 Å². The van der Waals surface area contributed by atoms with E-state index in [9.17, 15) is 24.0 Å². The van der Waals surface area contributed by atoms with Crippen molar-refractivity contribution in [2.45, 2.75) is 140 Å². The van der Waals surface area contributed by atoms with Gasteiger partial charge in [0.15, 0.2) is 24.6 Å². The predicted octanol–water partition coefficient (Wildman–Crippen LogP) is 10.6. The molecule has 1 aliphatic rings. The van der Waals surface area contributed by atoms with E-state index < -0.39 is 61.2 Å². The molecule has 1 N–H and O–H groups in total. The second kappa shape index (κ2) is 29.6. The predicted molar refractivity (Wildman–Crippen MR) is 251 cm³/mol. The third kappa shape index (κ3) is 17.9. The molecular formula is C54H67NO11. The molecule has 66 heavy (non-hydrogen) atoms. The molecule has 4 aromatic carbocycles. The highest BCUT2D eigenvalue weighted by molar-refractivity contribution is 5.91. The summed E-state index contributed by atoms with van der Waals surface area (Å²) >= 11 is 0. The summed E-state index contributed by atoms with van der Waals surface area (Å²) in [4.78, 5) is 67.4. The molecule has 5 atom stereocenters. The van der Waals surface area contributed by atoms with Crippen molar-refractivity contribution in [3.63, 3.8) is 0 Å². The Labute approximate surface area is 390 Å². The van der Waals surface area contributed by atoms with Crippen molar-refractivity contribution < 1.29 is 52.4 Å². The number of hydrogen-bond acceptors (Lipinski definition) is 11. The van der Waals surface area contributed by atoms with Gasteiger partial charge in [0.05, 0.1) is 28.9 Å². The minimum absolute atomic E-state index is 0.0886. The maximum absolute atomic E-state index is 13.8. The van der Waals surface area contributed by atoms with Crippen molar-refractivity contribution in [2.75, 3.05) is 19.8 Å². The standard InChI is InChI=1S/C54H67NO11/c1-2-3-4-5-6-7-8-9-10-11-12-13-14-15-28-37-46(56)55-38-39-61-54-49(66-53(60)44-35-26-19-27-36-44)48(65-52(59)43-33-24-18-25-34-43)47(64-51(58)42-31-22-17-23-32-42)45(63-54)40-62-50(57)41-29-20-16-21-30-41/h16-27,29-36,45,47-49,54H,2-15,28,37-40H2,1H3,(H,55,56)/t45-,47+,48+,49-,54?/m1/s1. The Kier molecular flexibility index (Phi) is 23.0. The average molecular weight is 906 g/mol. The zero-order valence-electron chi connectivity index (χ0n) is 38.4. The Morgan fingerprint density at radius 3 is 1.29 bits per heavy atom. The van der Waals surface area contributed by atoms with Gasteiger partial charge >= 0.3 is 23.9 Å². The normalized spacial score (nSPS) is 17.9. The summed E-state index contributed by atoms with van der Waals surface area (Å²) in [5.41, 5.74) is 0.807. The van der Waals surface area contributed by atoms with Crippen LogP contribution in [0.3, 0.4) is 0 Å². The van der Waals surface area contributed by atoms with Gasteiger partial charge in [0.2, 0.25) is 5.91 Å². The molecular weight excluding hydrogens is 839 g/mol. The summed E-state index contributed by atoms with van der Waals surface area (Å²) in [5.74, 6) is -3.21. The Morgan fingerprint density at radius 1 is 0.470 bits per heavy atom. The number of carbonyl (C=O) groups excluding carboxylic acids is 5. The van der Waals surface area contributed by atoms with E-state index in [0.29, 0.717) is 6.42 Å². The lowest BCUT2D eigenvalue weighted by Crippen LogP contribution is -2.63. The summed E-state index contributed by atoms with van der Waals surface area (Å²) in [6, 6.07) is 32.8. The van der Waals surface area contributed by atoms with Crippen LogP contribution in [0.15, 0.2) is 121 Å². The lowest BCUT2D eigenvalue weighted by atomic mass is 9.97. The number of unbranched alkanes of at least 4 members (excludes halogenated alkanes) is 14. The van der Waals surface area contributed by atoms with E-state index in [1.54, 1.807) is 121 Å². The van der Waals surface area contributed by atoms with Crippen LogP contribution in [0.4, 0.5) is 0 Å². The van der Waals surface area contributed by atoms with Crippen LogP contribution in [-0.2, 0) is 33.2 Å². The van der Waals surface area contributed by atoms with E-state index in [0.717, 1.165) is 19.3 Å². The first-order chi connectivity index (χ1) is 32.3. The van der Waals surface area contributed by atoms with Gasteiger partial charge in [-0.15, -0.1) is 0 Å². The number of esters is 4. The van der Waals surface area contributed by atoms with E-state index in [1.807, 2.05) is 0 Å². The molecule has 1 fully saturated rings. The fourth-order valence-corrected chi connectivity index (χ4v) is 7.77. The molecule has 0 bridgehead atoms. The number of rotatable bonds is 29. The van der Waals surface area contributed by atoms with Crippen molar-refractivity contribution in [2.24, 2.45) is 0 Å². The Morgan fingerprint density at radius 2 is 0.848 bits per heavy atom. The second-order valence-electron chi connectivity index (χ2n) is 16.6. The number of benzene rings is 4. The molecule has 0 aromatic heterocycles. The summed E-state index contributed by atoms with van der Waals surface area (Å²) in [6.45, 7) is 1.77. The van der Waals surface area contributed by atoms with Crippen LogP contribution in [0.1, 0.15) is 151 Å². The molecule has 0 saturated carbocycles. The average Bonchev–Trinajstić information content (AvgIpc) is 3.35.